The normalized spacial score (nSPS) is 11.8. The lowest BCUT2D eigenvalue weighted by molar-refractivity contribution is 1.18. The average Bonchev–Trinajstić information content (AvgIpc) is 3.67. The van der Waals surface area contributed by atoms with Gasteiger partial charge in [-0.05, 0) is 70.6 Å². The van der Waals surface area contributed by atoms with Crippen LogP contribution < -0.4 is 0 Å². The molecule has 0 amide bonds. The predicted molar refractivity (Wildman–Crippen MR) is 203 cm³/mol. The standard InChI is InChI=1S/C46H30N2/c1-3-13-31(14-4-1)37-26-23-32-15-7-8-18-36(32)46(37)48-43-22-12-10-20-39(43)41-30-34(25-28-45(41)48)33-24-27-44-40(29-33)38-19-9-11-21-42(38)47(44)35-16-5-2-6-17-35/h1-30H. The molecule has 2 aromatic heterocycles. The Morgan fingerprint density at radius 1 is 0.292 bits per heavy atom. The summed E-state index contributed by atoms with van der Waals surface area (Å²) in [4.78, 5) is 0. The van der Waals surface area contributed by atoms with Crippen molar-refractivity contribution in [2.45, 2.75) is 0 Å². The molecule has 0 bridgehead atoms. The zero-order valence-corrected chi connectivity index (χ0v) is 26.2. The fraction of sp³-hybridized carbons (Fsp3) is 0. The van der Waals surface area contributed by atoms with E-state index in [9.17, 15) is 0 Å². The highest BCUT2D eigenvalue weighted by Gasteiger charge is 2.19. The van der Waals surface area contributed by atoms with Crippen molar-refractivity contribution in [2.24, 2.45) is 0 Å². The van der Waals surface area contributed by atoms with Crippen LogP contribution in [0.4, 0.5) is 0 Å². The highest BCUT2D eigenvalue weighted by atomic mass is 15.0. The molecular formula is C46H30N2. The molecule has 0 saturated heterocycles. The number of benzene rings is 8. The average molecular weight is 611 g/mol. The van der Waals surface area contributed by atoms with E-state index in [1.54, 1.807) is 0 Å². The van der Waals surface area contributed by atoms with Gasteiger partial charge < -0.3 is 9.13 Å². The topological polar surface area (TPSA) is 9.86 Å². The quantitative estimate of drug-likeness (QED) is 0.188. The lowest BCUT2D eigenvalue weighted by Gasteiger charge is -2.17. The first-order chi connectivity index (χ1) is 23.8. The minimum atomic E-state index is 1.17. The maximum atomic E-state index is 2.48. The first-order valence-electron chi connectivity index (χ1n) is 16.5. The summed E-state index contributed by atoms with van der Waals surface area (Å²) in [5, 5.41) is 7.51. The molecule has 0 saturated carbocycles. The van der Waals surface area contributed by atoms with Crippen molar-refractivity contribution in [3.63, 3.8) is 0 Å². The van der Waals surface area contributed by atoms with Gasteiger partial charge in [-0.3, -0.25) is 0 Å². The Morgan fingerprint density at radius 3 is 1.46 bits per heavy atom. The van der Waals surface area contributed by atoms with E-state index in [1.165, 1.54) is 88.0 Å². The second-order valence-electron chi connectivity index (χ2n) is 12.6. The first kappa shape index (κ1) is 26.8. The highest BCUT2D eigenvalue weighted by molar-refractivity contribution is 6.14. The van der Waals surface area contributed by atoms with E-state index in [0.717, 1.165) is 0 Å². The van der Waals surface area contributed by atoms with Gasteiger partial charge in [0.25, 0.3) is 0 Å². The van der Waals surface area contributed by atoms with E-state index in [1.807, 2.05) is 0 Å². The van der Waals surface area contributed by atoms with Crippen molar-refractivity contribution < 1.29 is 0 Å². The number of para-hydroxylation sites is 3. The van der Waals surface area contributed by atoms with Crippen LogP contribution in [0.5, 0.6) is 0 Å². The van der Waals surface area contributed by atoms with Gasteiger partial charge in [0.2, 0.25) is 0 Å². The Balaban J connectivity index is 1.22. The molecule has 0 N–H and O–H groups in total. The van der Waals surface area contributed by atoms with Gasteiger partial charge in [-0.25, -0.2) is 0 Å². The number of hydrogen-bond acceptors (Lipinski definition) is 0. The molecule has 0 aliphatic carbocycles. The van der Waals surface area contributed by atoms with E-state index in [-0.39, 0.29) is 0 Å². The van der Waals surface area contributed by atoms with Crippen LogP contribution in [0, 0.1) is 0 Å². The van der Waals surface area contributed by atoms with Crippen LogP contribution in [0.15, 0.2) is 182 Å². The molecule has 0 aliphatic rings. The van der Waals surface area contributed by atoms with Crippen molar-refractivity contribution in [3.8, 4) is 33.6 Å². The molecule has 0 fully saturated rings. The fourth-order valence-corrected chi connectivity index (χ4v) is 7.75. The van der Waals surface area contributed by atoms with E-state index >= 15 is 0 Å². The summed E-state index contributed by atoms with van der Waals surface area (Å²) in [6, 6.07) is 66.2. The maximum Gasteiger partial charge on any atom is 0.0618 e. The van der Waals surface area contributed by atoms with Crippen LogP contribution in [0.2, 0.25) is 0 Å². The van der Waals surface area contributed by atoms with E-state index in [2.05, 4.69) is 191 Å². The van der Waals surface area contributed by atoms with Gasteiger partial charge >= 0.3 is 0 Å². The Kier molecular flexibility index (Phi) is 5.91. The van der Waals surface area contributed by atoms with Crippen LogP contribution in [0.1, 0.15) is 0 Å². The Bertz CT molecular complexity index is 2820. The zero-order valence-electron chi connectivity index (χ0n) is 26.2. The summed E-state index contributed by atoms with van der Waals surface area (Å²) in [7, 11) is 0. The van der Waals surface area contributed by atoms with E-state index in [0.29, 0.717) is 0 Å². The van der Waals surface area contributed by atoms with E-state index in [4.69, 9.17) is 0 Å². The Morgan fingerprint density at radius 2 is 0.792 bits per heavy atom. The predicted octanol–water partition coefficient (Wildman–Crippen LogP) is 12.4. The van der Waals surface area contributed by atoms with Crippen molar-refractivity contribution in [3.05, 3.63) is 182 Å². The number of fused-ring (bicyclic) bond motifs is 7. The summed E-state index contributed by atoms with van der Waals surface area (Å²) < 4.78 is 4.86. The third-order valence-corrected chi connectivity index (χ3v) is 9.90. The van der Waals surface area contributed by atoms with Crippen LogP contribution >= 0.6 is 0 Å². The number of rotatable bonds is 4. The van der Waals surface area contributed by atoms with Gasteiger partial charge in [0.05, 0.1) is 27.8 Å². The van der Waals surface area contributed by atoms with Gasteiger partial charge in [0.15, 0.2) is 0 Å². The van der Waals surface area contributed by atoms with Gasteiger partial charge in [0, 0.05) is 38.2 Å². The molecule has 10 rings (SSSR count). The smallest absolute Gasteiger partial charge is 0.0618 e. The molecule has 0 spiro atoms. The lowest BCUT2D eigenvalue weighted by atomic mass is 9.97. The third kappa shape index (κ3) is 4.00. The molecule has 8 aromatic carbocycles. The van der Waals surface area contributed by atoms with Gasteiger partial charge in [-0.2, -0.15) is 0 Å². The summed E-state index contributed by atoms with van der Waals surface area (Å²) in [6.07, 6.45) is 0. The molecule has 0 atom stereocenters. The summed E-state index contributed by atoms with van der Waals surface area (Å²) in [6.45, 7) is 0. The van der Waals surface area contributed by atoms with Gasteiger partial charge in [-0.15, -0.1) is 0 Å². The Hall–Kier alpha value is -6.38. The van der Waals surface area contributed by atoms with Crippen molar-refractivity contribution >= 4 is 54.4 Å². The molecule has 0 radical (unpaired) electrons. The minimum absolute atomic E-state index is 1.17. The van der Waals surface area contributed by atoms with Crippen LogP contribution in [0.3, 0.4) is 0 Å². The minimum Gasteiger partial charge on any atom is -0.309 e. The molecule has 48 heavy (non-hydrogen) atoms. The molecule has 224 valence electrons. The van der Waals surface area contributed by atoms with E-state index < -0.39 is 0 Å². The third-order valence-electron chi connectivity index (χ3n) is 9.90. The first-order valence-corrected chi connectivity index (χ1v) is 16.5. The highest BCUT2D eigenvalue weighted by Crippen LogP contribution is 2.42. The molecular weight excluding hydrogens is 581 g/mol. The SMILES string of the molecule is c1ccc(-c2ccc3ccccc3c2-n2c3ccccc3c3cc(-c4ccc5c(c4)c4ccccc4n5-c4ccccc4)ccc32)cc1. The summed E-state index contributed by atoms with van der Waals surface area (Å²) in [5.74, 6) is 0. The van der Waals surface area contributed by atoms with Gasteiger partial charge in [-0.1, -0.05) is 133 Å². The maximum absolute atomic E-state index is 2.48. The second-order valence-corrected chi connectivity index (χ2v) is 12.6. The largest absolute Gasteiger partial charge is 0.309 e. The fourth-order valence-electron chi connectivity index (χ4n) is 7.75. The van der Waals surface area contributed by atoms with Crippen molar-refractivity contribution in [2.75, 3.05) is 0 Å². The second kappa shape index (κ2) is 10.6. The molecule has 2 nitrogen and oxygen atoms in total. The molecule has 10 aromatic rings. The lowest BCUT2D eigenvalue weighted by Crippen LogP contribution is -1.99. The van der Waals surface area contributed by atoms with Crippen LogP contribution in [-0.2, 0) is 0 Å². The molecule has 2 heterocycles. The summed E-state index contributed by atoms with van der Waals surface area (Å²) >= 11 is 0. The molecule has 0 unspecified atom stereocenters. The molecule has 0 aliphatic heterocycles. The van der Waals surface area contributed by atoms with Crippen LogP contribution in [0.25, 0.3) is 88.0 Å². The van der Waals surface area contributed by atoms with Gasteiger partial charge in [0.1, 0.15) is 0 Å². The molecule has 2 heteroatoms. The van der Waals surface area contributed by atoms with Crippen molar-refractivity contribution in [1.29, 1.82) is 0 Å². The number of nitrogens with zero attached hydrogens (tertiary/aromatic N) is 2. The Labute approximate surface area is 278 Å². The summed E-state index contributed by atoms with van der Waals surface area (Å²) in [5.41, 5.74) is 12.1. The van der Waals surface area contributed by atoms with Crippen LogP contribution in [-0.4, -0.2) is 9.13 Å². The number of aromatic nitrogens is 2. The monoisotopic (exact) mass is 610 g/mol. The zero-order chi connectivity index (χ0) is 31.6. The van der Waals surface area contributed by atoms with Crippen molar-refractivity contribution in [1.82, 2.24) is 9.13 Å². The number of hydrogen-bond donors (Lipinski definition) is 0.